The molecule has 31 heavy (non-hydrogen) atoms. The molecule has 4 rings (SSSR count). The van der Waals surface area contributed by atoms with Crippen molar-refractivity contribution in [2.24, 2.45) is 0 Å². The number of nitrogens with zero attached hydrogens (tertiary/aromatic N) is 4. The van der Waals surface area contributed by atoms with Crippen molar-refractivity contribution in [2.75, 3.05) is 17.8 Å². The standard InChI is InChI=1S/C20H19N5O4S2/c1-13-17(31(27,28)24-15-7-5-6-14(10-15)12-21)11-16(30-13)18-22-23-19(29-18)20(26)25-8-3-2-4-9-25/h5-7,10-11,24H,2-4,8-9H2,1H3. The quantitative estimate of drug-likeness (QED) is 0.621. The van der Waals surface area contributed by atoms with Gasteiger partial charge in [-0.1, -0.05) is 6.07 Å². The first-order valence-corrected chi connectivity index (χ1v) is 11.9. The van der Waals surface area contributed by atoms with Gasteiger partial charge in [-0.25, -0.2) is 8.42 Å². The molecule has 1 fully saturated rings. The fraction of sp³-hybridized carbons (Fsp3) is 0.300. The maximum Gasteiger partial charge on any atom is 0.311 e. The largest absolute Gasteiger partial charge is 0.411 e. The van der Waals surface area contributed by atoms with Crippen LogP contribution in [0.25, 0.3) is 10.8 Å². The Morgan fingerprint density at radius 2 is 2.00 bits per heavy atom. The fourth-order valence-electron chi connectivity index (χ4n) is 3.34. The van der Waals surface area contributed by atoms with Gasteiger partial charge in [0.25, 0.3) is 15.9 Å². The van der Waals surface area contributed by atoms with Crippen LogP contribution in [0.5, 0.6) is 0 Å². The number of rotatable bonds is 5. The van der Waals surface area contributed by atoms with Crippen LogP contribution in [-0.2, 0) is 10.0 Å². The number of carbonyl (C=O) groups excluding carboxylic acids is 1. The Kier molecular flexibility index (Phi) is 5.75. The molecular formula is C20H19N5O4S2. The number of nitriles is 1. The first kappa shape index (κ1) is 21.0. The van der Waals surface area contributed by atoms with E-state index in [4.69, 9.17) is 9.68 Å². The molecule has 1 saturated heterocycles. The van der Waals surface area contributed by atoms with Crippen LogP contribution in [0.1, 0.15) is 40.4 Å². The number of sulfonamides is 1. The highest BCUT2D eigenvalue weighted by Crippen LogP contribution is 2.34. The highest BCUT2D eigenvalue weighted by atomic mass is 32.2. The lowest BCUT2D eigenvalue weighted by Crippen LogP contribution is -2.35. The third kappa shape index (κ3) is 4.45. The number of hydrogen-bond acceptors (Lipinski definition) is 8. The molecule has 0 bridgehead atoms. The van der Waals surface area contributed by atoms with E-state index in [0.29, 0.717) is 34.1 Å². The first-order chi connectivity index (χ1) is 14.9. The zero-order valence-corrected chi connectivity index (χ0v) is 18.3. The Hall–Kier alpha value is -3.23. The summed E-state index contributed by atoms with van der Waals surface area (Å²) in [5.41, 5.74) is 0.637. The van der Waals surface area contributed by atoms with Gasteiger partial charge in [0.05, 0.1) is 22.2 Å². The van der Waals surface area contributed by atoms with E-state index in [-0.39, 0.29) is 22.6 Å². The molecule has 3 aromatic rings. The smallest absolute Gasteiger partial charge is 0.311 e. The zero-order valence-electron chi connectivity index (χ0n) is 16.7. The number of carbonyl (C=O) groups is 1. The van der Waals surface area contributed by atoms with E-state index in [2.05, 4.69) is 14.9 Å². The summed E-state index contributed by atoms with van der Waals surface area (Å²) in [7, 11) is -3.90. The average Bonchev–Trinajstić information content (AvgIpc) is 3.41. The van der Waals surface area contributed by atoms with Gasteiger partial charge >= 0.3 is 11.8 Å². The highest BCUT2D eigenvalue weighted by molar-refractivity contribution is 7.93. The van der Waals surface area contributed by atoms with Crippen LogP contribution < -0.4 is 4.72 Å². The predicted molar refractivity (Wildman–Crippen MR) is 114 cm³/mol. The van der Waals surface area contributed by atoms with Crippen molar-refractivity contribution < 1.29 is 17.6 Å². The van der Waals surface area contributed by atoms with Crippen molar-refractivity contribution in [1.29, 1.82) is 5.26 Å². The topological polar surface area (TPSA) is 129 Å². The Morgan fingerprint density at radius 3 is 2.74 bits per heavy atom. The van der Waals surface area contributed by atoms with Crippen LogP contribution >= 0.6 is 11.3 Å². The molecule has 1 aliphatic heterocycles. The molecule has 1 aliphatic rings. The maximum absolute atomic E-state index is 12.9. The Labute approximate surface area is 183 Å². The van der Waals surface area contributed by atoms with Crippen molar-refractivity contribution in [1.82, 2.24) is 15.1 Å². The summed E-state index contributed by atoms with van der Waals surface area (Å²) < 4.78 is 33.8. The van der Waals surface area contributed by atoms with Crippen molar-refractivity contribution >= 4 is 33.0 Å². The van der Waals surface area contributed by atoms with Crippen molar-refractivity contribution in [2.45, 2.75) is 31.1 Å². The van der Waals surface area contributed by atoms with Crippen LogP contribution in [-0.4, -0.2) is 42.5 Å². The number of piperidine rings is 1. The van der Waals surface area contributed by atoms with Crippen molar-refractivity contribution in [3.63, 3.8) is 0 Å². The third-order valence-corrected chi connectivity index (χ3v) is 7.54. The monoisotopic (exact) mass is 457 g/mol. The van der Waals surface area contributed by atoms with Gasteiger partial charge in [0.1, 0.15) is 4.90 Å². The molecule has 1 amide bonds. The molecule has 9 nitrogen and oxygen atoms in total. The molecular weight excluding hydrogens is 438 g/mol. The molecule has 0 unspecified atom stereocenters. The zero-order chi connectivity index (χ0) is 22.0. The minimum Gasteiger partial charge on any atom is -0.411 e. The average molecular weight is 458 g/mol. The summed E-state index contributed by atoms with van der Waals surface area (Å²) in [6, 6.07) is 9.63. The summed E-state index contributed by atoms with van der Waals surface area (Å²) >= 11 is 1.18. The van der Waals surface area contributed by atoms with Gasteiger partial charge in [0.2, 0.25) is 0 Å². The van der Waals surface area contributed by atoms with E-state index >= 15 is 0 Å². The fourth-order valence-corrected chi connectivity index (χ4v) is 5.90. The number of benzene rings is 1. The van der Waals surface area contributed by atoms with Crippen molar-refractivity contribution in [3.05, 3.63) is 46.7 Å². The predicted octanol–water partition coefficient (Wildman–Crippen LogP) is 3.41. The number of thiophene rings is 1. The number of nitrogens with one attached hydrogen (secondary N) is 1. The van der Waals surface area contributed by atoms with Gasteiger partial charge in [-0.2, -0.15) is 5.26 Å². The van der Waals surface area contributed by atoms with Crippen LogP contribution in [0.2, 0.25) is 0 Å². The summed E-state index contributed by atoms with van der Waals surface area (Å²) in [5.74, 6) is -0.307. The highest BCUT2D eigenvalue weighted by Gasteiger charge is 2.26. The lowest BCUT2D eigenvalue weighted by atomic mass is 10.1. The lowest BCUT2D eigenvalue weighted by Gasteiger charge is -2.24. The molecule has 0 spiro atoms. The molecule has 0 atom stereocenters. The Bertz CT molecular complexity index is 1270. The van der Waals surface area contributed by atoms with Crippen LogP contribution in [0.3, 0.4) is 0 Å². The number of aromatic nitrogens is 2. The van der Waals surface area contributed by atoms with Crippen LogP contribution in [0.15, 0.2) is 39.6 Å². The van der Waals surface area contributed by atoms with Gasteiger partial charge in [-0.15, -0.1) is 21.5 Å². The first-order valence-electron chi connectivity index (χ1n) is 9.64. The molecule has 1 N–H and O–H groups in total. The van der Waals surface area contributed by atoms with Gasteiger partial charge in [-0.3, -0.25) is 9.52 Å². The van der Waals surface area contributed by atoms with E-state index in [0.717, 1.165) is 19.3 Å². The summed E-state index contributed by atoms with van der Waals surface area (Å²) in [6.07, 6.45) is 2.99. The van der Waals surface area contributed by atoms with Crippen LogP contribution in [0, 0.1) is 18.3 Å². The van der Waals surface area contributed by atoms with E-state index in [1.165, 1.54) is 23.5 Å². The molecule has 0 saturated carbocycles. The molecule has 1 aromatic carbocycles. The third-order valence-electron chi connectivity index (χ3n) is 4.87. The van der Waals surface area contributed by atoms with E-state index < -0.39 is 10.0 Å². The van der Waals surface area contributed by atoms with E-state index in [1.54, 1.807) is 30.0 Å². The lowest BCUT2D eigenvalue weighted by molar-refractivity contribution is 0.0684. The SMILES string of the molecule is Cc1sc(-c2nnc(C(=O)N3CCCCC3)o2)cc1S(=O)(=O)Nc1cccc(C#N)c1. The Balaban J connectivity index is 1.57. The van der Waals surface area contributed by atoms with E-state index in [9.17, 15) is 13.2 Å². The second kappa shape index (κ2) is 8.49. The van der Waals surface area contributed by atoms with Crippen LogP contribution in [0.4, 0.5) is 5.69 Å². The van der Waals surface area contributed by atoms with Gasteiger partial charge in [0, 0.05) is 18.0 Å². The van der Waals surface area contributed by atoms with Crippen molar-refractivity contribution in [3.8, 4) is 16.8 Å². The summed E-state index contributed by atoms with van der Waals surface area (Å²) in [6.45, 7) is 3.00. The second-order valence-electron chi connectivity index (χ2n) is 7.09. The normalized spacial score (nSPS) is 14.3. The van der Waals surface area contributed by atoms with Gasteiger partial charge in [0.15, 0.2) is 0 Å². The minimum absolute atomic E-state index is 0.0666. The minimum atomic E-state index is -3.90. The second-order valence-corrected chi connectivity index (χ2v) is 10.0. The maximum atomic E-state index is 12.9. The number of likely N-dealkylation sites (tertiary alicyclic amines) is 1. The van der Waals surface area contributed by atoms with Gasteiger partial charge in [-0.05, 0) is 50.5 Å². The molecule has 3 heterocycles. The molecule has 11 heteroatoms. The summed E-state index contributed by atoms with van der Waals surface area (Å²) in [5, 5.41) is 16.8. The number of aryl methyl sites for hydroxylation is 1. The summed E-state index contributed by atoms with van der Waals surface area (Å²) in [4.78, 5) is 15.3. The number of hydrogen-bond donors (Lipinski definition) is 1. The number of amides is 1. The van der Waals surface area contributed by atoms with E-state index in [1.807, 2.05) is 6.07 Å². The number of anilines is 1. The van der Waals surface area contributed by atoms with Gasteiger partial charge < -0.3 is 9.32 Å². The Morgan fingerprint density at radius 1 is 1.23 bits per heavy atom. The molecule has 0 aliphatic carbocycles. The molecule has 2 aromatic heterocycles. The molecule has 160 valence electrons. The molecule has 0 radical (unpaired) electrons.